The summed E-state index contributed by atoms with van der Waals surface area (Å²) in [7, 11) is 0. The van der Waals surface area contributed by atoms with Crippen molar-refractivity contribution in [2.75, 3.05) is 25.4 Å². The molecule has 0 saturated heterocycles. The number of likely N-dealkylation sites (N-methyl/N-ethyl adjacent to an activating group) is 1. The summed E-state index contributed by atoms with van der Waals surface area (Å²) in [6.07, 6.45) is 0. The first-order valence-electron chi connectivity index (χ1n) is 4.87. The standard InChI is InChI=1S/C9H17F2N3OS/c1-4-13-5-6-15-8(14-12-3)16-7-9(2,10)11/h13H,3-7H2,1-2H3/b14-8-. The minimum Gasteiger partial charge on any atom is -0.470 e. The van der Waals surface area contributed by atoms with E-state index >= 15 is 0 Å². The molecule has 0 amide bonds. The number of nitrogens with one attached hydrogen (secondary N) is 1. The average Bonchev–Trinajstić information content (AvgIpc) is 2.19. The van der Waals surface area contributed by atoms with Crippen molar-refractivity contribution >= 4 is 23.7 Å². The third-order valence-corrected chi connectivity index (χ3v) is 2.45. The zero-order valence-corrected chi connectivity index (χ0v) is 10.3. The van der Waals surface area contributed by atoms with E-state index in [2.05, 4.69) is 22.2 Å². The zero-order chi connectivity index (χ0) is 12.4. The molecule has 0 spiro atoms. The van der Waals surface area contributed by atoms with Crippen molar-refractivity contribution in [3.05, 3.63) is 0 Å². The van der Waals surface area contributed by atoms with Crippen LogP contribution in [0.25, 0.3) is 0 Å². The summed E-state index contributed by atoms with van der Waals surface area (Å²) < 4.78 is 30.3. The minimum absolute atomic E-state index is 0.120. The van der Waals surface area contributed by atoms with E-state index in [-0.39, 0.29) is 11.0 Å². The van der Waals surface area contributed by atoms with Crippen LogP contribution in [0.1, 0.15) is 13.8 Å². The summed E-state index contributed by atoms with van der Waals surface area (Å²) in [6, 6.07) is 0. The number of rotatable bonds is 7. The van der Waals surface area contributed by atoms with Gasteiger partial charge in [0.15, 0.2) is 0 Å². The van der Waals surface area contributed by atoms with Crippen molar-refractivity contribution in [1.82, 2.24) is 5.32 Å². The van der Waals surface area contributed by atoms with Crippen LogP contribution in [0.2, 0.25) is 0 Å². The fourth-order valence-corrected chi connectivity index (χ4v) is 1.39. The highest BCUT2D eigenvalue weighted by Gasteiger charge is 2.22. The first-order valence-corrected chi connectivity index (χ1v) is 5.86. The van der Waals surface area contributed by atoms with Crippen LogP contribution < -0.4 is 5.32 Å². The van der Waals surface area contributed by atoms with Gasteiger partial charge in [0.25, 0.3) is 11.2 Å². The number of nitrogens with zero attached hydrogens (tertiary/aromatic N) is 2. The lowest BCUT2D eigenvalue weighted by atomic mass is 10.5. The molecule has 0 radical (unpaired) electrons. The van der Waals surface area contributed by atoms with E-state index in [4.69, 9.17) is 4.74 Å². The maximum Gasteiger partial charge on any atom is 0.270 e. The van der Waals surface area contributed by atoms with Crippen molar-refractivity contribution in [2.24, 2.45) is 10.2 Å². The van der Waals surface area contributed by atoms with Gasteiger partial charge in [-0.2, -0.15) is 5.10 Å². The van der Waals surface area contributed by atoms with Gasteiger partial charge in [-0.25, -0.2) is 8.78 Å². The van der Waals surface area contributed by atoms with Gasteiger partial charge in [-0.1, -0.05) is 18.7 Å². The van der Waals surface area contributed by atoms with Gasteiger partial charge in [0.05, 0.1) is 5.75 Å². The summed E-state index contributed by atoms with van der Waals surface area (Å²) in [4.78, 5) is 0. The van der Waals surface area contributed by atoms with Crippen LogP contribution in [0, 0.1) is 0 Å². The Morgan fingerprint density at radius 3 is 2.75 bits per heavy atom. The smallest absolute Gasteiger partial charge is 0.270 e. The van der Waals surface area contributed by atoms with E-state index in [9.17, 15) is 8.78 Å². The molecule has 0 aliphatic carbocycles. The number of thioether (sulfide) groups is 1. The molecule has 7 heteroatoms. The molecular weight excluding hydrogens is 236 g/mol. The largest absolute Gasteiger partial charge is 0.470 e. The first kappa shape index (κ1) is 15.3. The van der Waals surface area contributed by atoms with Crippen LogP contribution in [-0.2, 0) is 4.74 Å². The van der Waals surface area contributed by atoms with Crippen molar-refractivity contribution in [3.8, 4) is 0 Å². The Bertz CT molecular complexity index is 231. The van der Waals surface area contributed by atoms with E-state index in [1.807, 2.05) is 6.92 Å². The van der Waals surface area contributed by atoms with Gasteiger partial charge < -0.3 is 10.1 Å². The predicted octanol–water partition coefficient (Wildman–Crippen LogP) is 1.97. The summed E-state index contributed by atoms with van der Waals surface area (Å²) in [5.41, 5.74) is 0. The number of ether oxygens (including phenoxy) is 1. The Morgan fingerprint density at radius 2 is 2.25 bits per heavy atom. The van der Waals surface area contributed by atoms with Crippen molar-refractivity contribution in [3.63, 3.8) is 0 Å². The van der Waals surface area contributed by atoms with Crippen molar-refractivity contribution in [2.45, 2.75) is 19.8 Å². The van der Waals surface area contributed by atoms with E-state index in [1.54, 1.807) is 0 Å². The quantitative estimate of drug-likeness (QED) is 0.326. The fourth-order valence-electron chi connectivity index (χ4n) is 0.733. The molecule has 16 heavy (non-hydrogen) atoms. The van der Waals surface area contributed by atoms with E-state index in [1.165, 1.54) is 0 Å². The first-order chi connectivity index (χ1) is 7.49. The monoisotopic (exact) mass is 253 g/mol. The molecule has 0 aromatic heterocycles. The summed E-state index contributed by atoms with van der Waals surface area (Å²) in [6.45, 7) is 7.79. The molecule has 0 fully saturated rings. The normalized spacial score (nSPS) is 12.6. The molecule has 0 aromatic rings. The van der Waals surface area contributed by atoms with E-state index in [0.29, 0.717) is 13.2 Å². The molecule has 0 heterocycles. The Labute approximate surface area is 98.5 Å². The van der Waals surface area contributed by atoms with Crippen molar-refractivity contribution < 1.29 is 13.5 Å². The molecule has 0 atom stereocenters. The molecule has 0 aliphatic heterocycles. The van der Waals surface area contributed by atoms with Crippen LogP contribution in [0.3, 0.4) is 0 Å². The second kappa shape index (κ2) is 8.46. The number of halogens is 2. The summed E-state index contributed by atoms with van der Waals surface area (Å²) >= 11 is 0.827. The average molecular weight is 253 g/mol. The number of hydrogen-bond acceptors (Lipinski definition) is 5. The number of hydrogen-bond donors (Lipinski definition) is 1. The molecule has 0 saturated carbocycles. The van der Waals surface area contributed by atoms with Gasteiger partial charge in [-0.05, 0) is 6.54 Å². The summed E-state index contributed by atoms with van der Waals surface area (Å²) in [5, 5.41) is 9.95. The molecule has 4 nitrogen and oxygen atoms in total. The molecule has 0 aromatic carbocycles. The van der Waals surface area contributed by atoms with Crippen LogP contribution in [0.15, 0.2) is 10.2 Å². The number of alkyl halides is 2. The van der Waals surface area contributed by atoms with Crippen LogP contribution in [0.4, 0.5) is 8.78 Å². The molecule has 0 unspecified atom stereocenters. The third-order valence-electron chi connectivity index (χ3n) is 1.36. The molecule has 0 aliphatic rings. The van der Waals surface area contributed by atoms with Gasteiger partial charge in [0.1, 0.15) is 6.61 Å². The fraction of sp³-hybridized carbons (Fsp3) is 0.778. The lowest BCUT2D eigenvalue weighted by Crippen LogP contribution is -2.21. The Morgan fingerprint density at radius 1 is 1.56 bits per heavy atom. The SMILES string of the molecule is C=N/N=C(/OCCNCC)SCC(C)(F)F. The Hall–Kier alpha value is -0.690. The van der Waals surface area contributed by atoms with E-state index in [0.717, 1.165) is 25.2 Å². The summed E-state index contributed by atoms with van der Waals surface area (Å²) in [5.74, 6) is -3.14. The molecular formula is C9H17F2N3OS. The second-order valence-corrected chi connectivity index (χ2v) is 3.99. The van der Waals surface area contributed by atoms with Crippen LogP contribution in [-0.4, -0.2) is 43.3 Å². The third kappa shape index (κ3) is 9.85. The predicted molar refractivity (Wildman–Crippen MR) is 64.6 cm³/mol. The maximum atomic E-state index is 12.6. The van der Waals surface area contributed by atoms with Gasteiger partial charge in [-0.3, -0.25) is 0 Å². The highest BCUT2D eigenvalue weighted by atomic mass is 32.2. The van der Waals surface area contributed by atoms with Crippen LogP contribution >= 0.6 is 11.8 Å². The maximum absolute atomic E-state index is 12.6. The van der Waals surface area contributed by atoms with Crippen LogP contribution in [0.5, 0.6) is 0 Å². The van der Waals surface area contributed by atoms with E-state index < -0.39 is 5.92 Å². The van der Waals surface area contributed by atoms with Crippen molar-refractivity contribution in [1.29, 1.82) is 0 Å². The minimum atomic E-state index is -2.75. The Kier molecular flexibility index (Phi) is 8.10. The second-order valence-electron chi connectivity index (χ2n) is 3.07. The Balaban J connectivity index is 3.90. The molecule has 0 rings (SSSR count). The van der Waals surface area contributed by atoms with Gasteiger partial charge >= 0.3 is 0 Å². The highest BCUT2D eigenvalue weighted by molar-refractivity contribution is 8.13. The lowest BCUT2D eigenvalue weighted by Gasteiger charge is -2.11. The topological polar surface area (TPSA) is 46.0 Å². The molecule has 94 valence electrons. The van der Waals surface area contributed by atoms with Gasteiger partial charge in [0, 0.05) is 20.2 Å². The van der Waals surface area contributed by atoms with Gasteiger partial charge in [-0.15, -0.1) is 5.10 Å². The zero-order valence-electron chi connectivity index (χ0n) is 9.50. The van der Waals surface area contributed by atoms with Gasteiger partial charge in [0.2, 0.25) is 0 Å². The molecule has 1 N–H and O–H groups in total. The lowest BCUT2D eigenvalue weighted by molar-refractivity contribution is 0.0493. The highest BCUT2D eigenvalue weighted by Crippen LogP contribution is 2.20. The molecule has 0 bridgehead atoms.